The summed E-state index contributed by atoms with van der Waals surface area (Å²) in [5, 5.41) is 9.70. The van der Waals surface area contributed by atoms with Crippen molar-refractivity contribution in [3.05, 3.63) is 23.8 Å². The number of aromatic hydroxyl groups is 1. The molecule has 0 spiro atoms. The molecular formula is C13H21ClN2O2. The number of hydrogen-bond acceptors (Lipinski definition) is 4. The maximum absolute atomic E-state index is 9.70. The minimum atomic E-state index is 0. The molecule has 18 heavy (non-hydrogen) atoms. The Bertz CT molecular complexity index is 387. The standard InChI is InChI=1S/C13H20N2O2.ClH/c1-17-13-3-2-10(6-12(13)16)8-15-5-4-11(7-14)9-15;/h2-3,6,11,16H,4-5,7-9,14H2,1H3;1H. The Kier molecular flexibility index (Phi) is 5.72. The minimum Gasteiger partial charge on any atom is -0.504 e. The van der Waals surface area contributed by atoms with E-state index in [1.807, 2.05) is 6.07 Å². The van der Waals surface area contributed by atoms with Crippen molar-refractivity contribution in [3.63, 3.8) is 0 Å². The fraction of sp³-hybridized carbons (Fsp3) is 0.538. The Morgan fingerprint density at radius 1 is 1.50 bits per heavy atom. The summed E-state index contributed by atoms with van der Waals surface area (Å²) in [5.74, 6) is 1.36. The number of halogens is 1. The van der Waals surface area contributed by atoms with Gasteiger partial charge < -0.3 is 15.6 Å². The molecule has 102 valence electrons. The van der Waals surface area contributed by atoms with Crippen molar-refractivity contribution in [2.24, 2.45) is 11.7 Å². The van der Waals surface area contributed by atoms with Crippen LogP contribution in [-0.4, -0.2) is 36.8 Å². The van der Waals surface area contributed by atoms with Crippen LogP contribution in [0.5, 0.6) is 11.5 Å². The number of methoxy groups -OCH3 is 1. The molecule has 1 fully saturated rings. The monoisotopic (exact) mass is 272 g/mol. The molecule has 0 amide bonds. The van der Waals surface area contributed by atoms with Gasteiger partial charge in [-0.2, -0.15) is 0 Å². The van der Waals surface area contributed by atoms with Crippen molar-refractivity contribution in [2.75, 3.05) is 26.7 Å². The molecule has 1 aliphatic heterocycles. The quantitative estimate of drug-likeness (QED) is 0.874. The topological polar surface area (TPSA) is 58.7 Å². The number of likely N-dealkylation sites (tertiary alicyclic amines) is 1. The van der Waals surface area contributed by atoms with E-state index in [4.69, 9.17) is 10.5 Å². The first-order valence-electron chi connectivity index (χ1n) is 6.01. The van der Waals surface area contributed by atoms with Crippen LogP contribution in [0.1, 0.15) is 12.0 Å². The zero-order valence-electron chi connectivity index (χ0n) is 10.6. The highest BCUT2D eigenvalue weighted by molar-refractivity contribution is 5.85. The molecule has 0 saturated carbocycles. The highest BCUT2D eigenvalue weighted by Crippen LogP contribution is 2.27. The molecule has 1 atom stereocenters. The van der Waals surface area contributed by atoms with Crippen LogP contribution in [0.2, 0.25) is 0 Å². The van der Waals surface area contributed by atoms with E-state index in [0.29, 0.717) is 11.7 Å². The summed E-state index contributed by atoms with van der Waals surface area (Å²) in [6.45, 7) is 3.79. The summed E-state index contributed by atoms with van der Waals surface area (Å²) in [6, 6.07) is 5.57. The van der Waals surface area contributed by atoms with Gasteiger partial charge in [-0.05, 0) is 43.1 Å². The molecule has 1 aromatic rings. The molecule has 0 bridgehead atoms. The van der Waals surface area contributed by atoms with Gasteiger partial charge in [0.2, 0.25) is 0 Å². The predicted octanol–water partition coefficient (Wildman–Crippen LogP) is 1.60. The molecule has 0 aliphatic carbocycles. The lowest BCUT2D eigenvalue weighted by Crippen LogP contribution is -2.22. The molecule has 2 rings (SSSR count). The zero-order valence-corrected chi connectivity index (χ0v) is 11.4. The second-order valence-corrected chi connectivity index (χ2v) is 4.63. The lowest BCUT2D eigenvalue weighted by Gasteiger charge is -2.16. The van der Waals surface area contributed by atoms with Crippen LogP contribution in [-0.2, 0) is 6.54 Å². The van der Waals surface area contributed by atoms with Gasteiger partial charge in [-0.25, -0.2) is 0 Å². The van der Waals surface area contributed by atoms with E-state index in [-0.39, 0.29) is 18.2 Å². The second-order valence-electron chi connectivity index (χ2n) is 4.63. The van der Waals surface area contributed by atoms with Crippen LogP contribution in [0.4, 0.5) is 0 Å². The summed E-state index contributed by atoms with van der Waals surface area (Å²) in [7, 11) is 1.56. The normalized spacial score (nSPS) is 19.6. The van der Waals surface area contributed by atoms with Crippen molar-refractivity contribution in [1.82, 2.24) is 4.90 Å². The number of benzene rings is 1. The number of nitrogens with two attached hydrogens (primary N) is 1. The van der Waals surface area contributed by atoms with Crippen LogP contribution in [0, 0.1) is 5.92 Å². The molecule has 1 heterocycles. The van der Waals surface area contributed by atoms with Crippen LogP contribution in [0.15, 0.2) is 18.2 Å². The van der Waals surface area contributed by atoms with E-state index in [2.05, 4.69) is 4.90 Å². The van der Waals surface area contributed by atoms with E-state index >= 15 is 0 Å². The van der Waals surface area contributed by atoms with E-state index < -0.39 is 0 Å². The average molecular weight is 273 g/mol. The third-order valence-corrected chi connectivity index (χ3v) is 3.35. The first-order chi connectivity index (χ1) is 8.22. The highest BCUT2D eigenvalue weighted by Gasteiger charge is 2.21. The Balaban J connectivity index is 0.00000162. The van der Waals surface area contributed by atoms with Crippen molar-refractivity contribution < 1.29 is 9.84 Å². The third-order valence-electron chi connectivity index (χ3n) is 3.35. The molecule has 5 heteroatoms. The van der Waals surface area contributed by atoms with E-state index in [1.165, 1.54) is 6.42 Å². The van der Waals surface area contributed by atoms with Crippen molar-refractivity contribution in [2.45, 2.75) is 13.0 Å². The summed E-state index contributed by atoms with van der Waals surface area (Å²) in [5.41, 5.74) is 6.78. The number of nitrogens with zero attached hydrogens (tertiary/aromatic N) is 1. The Morgan fingerprint density at radius 2 is 2.28 bits per heavy atom. The van der Waals surface area contributed by atoms with Crippen molar-refractivity contribution >= 4 is 12.4 Å². The lowest BCUT2D eigenvalue weighted by atomic mass is 10.1. The molecule has 1 unspecified atom stereocenters. The molecule has 0 aromatic heterocycles. The average Bonchev–Trinajstić information content (AvgIpc) is 2.77. The second kappa shape index (κ2) is 6.83. The van der Waals surface area contributed by atoms with Crippen LogP contribution < -0.4 is 10.5 Å². The fourth-order valence-corrected chi connectivity index (χ4v) is 2.34. The molecule has 0 radical (unpaired) electrons. The van der Waals surface area contributed by atoms with E-state index in [0.717, 1.165) is 31.7 Å². The fourth-order valence-electron chi connectivity index (χ4n) is 2.34. The maximum atomic E-state index is 9.70. The van der Waals surface area contributed by atoms with Gasteiger partial charge in [-0.3, -0.25) is 4.90 Å². The molecule has 1 saturated heterocycles. The Labute approximate surface area is 114 Å². The first-order valence-corrected chi connectivity index (χ1v) is 6.01. The molecule has 3 N–H and O–H groups in total. The smallest absolute Gasteiger partial charge is 0.160 e. The Morgan fingerprint density at radius 3 is 2.83 bits per heavy atom. The largest absolute Gasteiger partial charge is 0.504 e. The van der Waals surface area contributed by atoms with Gasteiger partial charge in [0, 0.05) is 13.1 Å². The highest BCUT2D eigenvalue weighted by atomic mass is 35.5. The number of hydrogen-bond donors (Lipinski definition) is 2. The third kappa shape index (κ3) is 3.51. The number of phenols is 1. The van der Waals surface area contributed by atoms with Gasteiger partial charge in [-0.1, -0.05) is 6.07 Å². The van der Waals surface area contributed by atoms with Gasteiger partial charge in [0.15, 0.2) is 11.5 Å². The SMILES string of the molecule is COc1ccc(CN2CCC(CN)C2)cc1O.Cl. The van der Waals surface area contributed by atoms with Gasteiger partial charge in [0.05, 0.1) is 7.11 Å². The lowest BCUT2D eigenvalue weighted by molar-refractivity contribution is 0.316. The van der Waals surface area contributed by atoms with Crippen molar-refractivity contribution in [3.8, 4) is 11.5 Å². The van der Waals surface area contributed by atoms with E-state index in [9.17, 15) is 5.11 Å². The number of ether oxygens (including phenoxy) is 1. The predicted molar refractivity (Wildman–Crippen MR) is 74.3 cm³/mol. The summed E-state index contributed by atoms with van der Waals surface area (Å²) < 4.78 is 5.02. The van der Waals surface area contributed by atoms with Crippen LogP contribution in [0.25, 0.3) is 0 Å². The summed E-state index contributed by atoms with van der Waals surface area (Å²) in [6.07, 6.45) is 1.18. The van der Waals surface area contributed by atoms with Crippen molar-refractivity contribution in [1.29, 1.82) is 0 Å². The zero-order chi connectivity index (χ0) is 12.3. The first kappa shape index (κ1) is 15.1. The van der Waals surface area contributed by atoms with Gasteiger partial charge >= 0.3 is 0 Å². The minimum absolute atomic E-state index is 0. The summed E-state index contributed by atoms with van der Waals surface area (Å²) >= 11 is 0. The van der Waals surface area contributed by atoms with Gasteiger partial charge in [-0.15, -0.1) is 12.4 Å². The Hall–Kier alpha value is -0.970. The molecule has 4 nitrogen and oxygen atoms in total. The number of phenolic OH excluding ortho intramolecular Hbond substituents is 1. The van der Waals surface area contributed by atoms with Gasteiger partial charge in [0.1, 0.15) is 0 Å². The van der Waals surface area contributed by atoms with Crippen LogP contribution >= 0.6 is 12.4 Å². The number of rotatable bonds is 4. The summed E-state index contributed by atoms with van der Waals surface area (Å²) in [4.78, 5) is 2.37. The molecule has 1 aliphatic rings. The van der Waals surface area contributed by atoms with Crippen LogP contribution in [0.3, 0.4) is 0 Å². The molecular weight excluding hydrogens is 252 g/mol. The van der Waals surface area contributed by atoms with E-state index in [1.54, 1.807) is 19.2 Å². The maximum Gasteiger partial charge on any atom is 0.160 e. The molecule has 1 aromatic carbocycles. The van der Waals surface area contributed by atoms with Gasteiger partial charge in [0.25, 0.3) is 0 Å².